The molecule has 3 saturated carbocycles. The molecule has 8 rings (SSSR count). The lowest BCUT2D eigenvalue weighted by Crippen LogP contribution is -2.97. The van der Waals surface area contributed by atoms with Crippen LogP contribution in [0, 0.1) is 11.8 Å². The molecule has 0 radical (unpaired) electrons. The molecule has 5 heterocycles. The Balaban J connectivity index is 1.65. The Morgan fingerprint density at radius 1 is 0.773 bits per heavy atom. The van der Waals surface area contributed by atoms with E-state index in [0.29, 0.717) is 11.1 Å². The summed E-state index contributed by atoms with van der Waals surface area (Å²) in [5, 5.41) is 0. The first-order valence-electron chi connectivity index (χ1n) is 7.74. The van der Waals surface area contributed by atoms with E-state index in [9.17, 15) is 9.59 Å². The highest BCUT2D eigenvalue weighted by Gasteiger charge is 2.96. The predicted octanol–water partition coefficient (Wildman–Crippen LogP) is 0.0186. The van der Waals surface area contributed by atoms with Crippen molar-refractivity contribution in [1.29, 1.82) is 0 Å². The fourth-order valence-corrected chi connectivity index (χ4v) is 6.41. The molecule has 112 valence electrons. The molecule has 5 aliphatic heterocycles. The molecule has 6 nitrogen and oxygen atoms in total. The van der Waals surface area contributed by atoms with Crippen LogP contribution in [0.15, 0.2) is 22.3 Å². The average Bonchev–Trinajstić information content (AvgIpc) is 2.88. The second-order valence-corrected chi connectivity index (χ2v) is 7.42. The lowest BCUT2D eigenvalue weighted by atomic mass is 9.36. The van der Waals surface area contributed by atoms with Gasteiger partial charge in [-0.05, 0) is 25.0 Å². The van der Waals surface area contributed by atoms with Crippen LogP contribution in [0.3, 0.4) is 0 Å². The van der Waals surface area contributed by atoms with Crippen molar-refractivity contribution in [2.75, 3.05) is 0 Å². The number of esters is 2. The fourth-order valence-electron chi connectivity index (χ4n) is 6.41. The van der Waals surface area contributed by atoms with Crippen molar-refractivity contribution in [1.82, 2.24) is 0 Å². The zero-order valence-corrected chi connectivity index (χ0v) is 11.9. The molecule has 2 spiro atoms. The third-order valence-corrected chi connectivity index (χ3v) is 7.05. The predicted molar refractivity (Wildman–Crippen MR) is 67.3 cm³/mol. The Bertz CT molecular complexity index is 754. The molecule has 3 saturated heterocycles. The Labute approximate surface area is 125 Å². The number of rotatable bonds is 0. The van der Waals surface area contributed by atoms with Crippen LogP contribution < -0.4 is 0 Å². The van der Waals surface area contributed by atoms with E-state index >= 15 is 0 Å². The van der Waals surface area contributed by atoms with Crippen molar-refractivity contribution < 1.29 is 28.5 Å². The lowest BCUT2D eigenvalue weighted by molar-refractivity contribution is -0.459. The molecule has 3 aliphatic carbocycles. The Hall–Kier alpha value is -1.66. The van der Waals surface area contributed by atoms with Gasteiger partial charge in [-0.2, -0.15) is 0 Å². The normalized spacial score (nSPS) is 60.8. The van der Waals surface area contributed by atoms with Gasteiger partial charge < -0.3 is 18.9 Å². The van der Waals surface area contributed by atoms with Gasteiger partial charge in [-0.3, -0.25) is 0 Å². The highest BCUT2D eigenvalue weighted by molar-refractivity contribution is 5.99. The molecule has 0 amide bonds. The maximum Gasteiger partial charge on any atom is 0.334 e. The summed E-state index contributed by atoms with van der Waals surface area (Å²) in [6, 6.07) is 0. The Morgan fingerprint density at radius 3 is 1.59 bits per heavy atom. The van der Waals surface area contributed by atoms with Gasteiger partial charge in [-0.15, -0.1) is 0 Å². The van der Waals surface area contributed by atoms with Gasteiger partial charge in [-0.25, -0.2) is 9.59 Å². The molecule has 8 aliphatic rings. The molecule has 0 N–H and O–H groups in total. The van der Waals surface area contributed by atoms with Crippen LogP contribution in [-0.4, -0.2) is 47.6 Å². The van der Waals surface area contributed by atoms with Crippen molar-refractivity contribution in [2.45, 2.75) is 49.5 Å². The van der Waals surface area contributed by atoms with E-state index in [2.05, 4.69) is 0 Å². The Morgan fingerprint density at radius 2 is 1.18 bits per heavy atom. The van der Waals surface area contributed by atoms with E-state index in [4.69, 9.17) is 18.9 Å². The van der Waals surface area contributed by atoms with Gasteiger partial charge in [-0.1, -0.05) is 0 Å². The summed E-state index contributed by atoms with van der Waals surface area (Å²) < 4.78 is 24.0. The minimum Gasteiger partial charge on any atom is -0.443 e. The second-order valence-electron chi connectivity index (χ2n) is 7.42. The average molecular weight is 300 g/mol. The number of ether oxygens (including phenoxy) is 4. The summed E-state index contributed by atoms with van der Waals surface area (Å²) in [4.78, 5) is 24.6. The number of hydrogen-bond donors (Lipinski definition) is 0. The van der Waals surface area contributed by atoms with Gasteiger partial charge in [0.2, 0.25) is 11.2 Å². The van der Waals surface area contributed by atoms with Gasteiger partial charge in [0.1, 0.15) is 12.2 Å². The van der Waals surface area contributed by atoms with Crippen LogP contribution in [0.4, 0.5) is 0 Å². The third kappa shape index (κ3) is 0.633. The van der Waals surface area contributed by atoms with E-state index in [1.54, 1.807) is 0 Å². The van der Waals surface area contributed by atoms with Crippen molar-refractivity contribution in [3.63, 3.8) is 0 Å². The van der Waals surface area contributed by atoms with Gasteiger partial charge in [0.05, 0.1) is 12.2 Å². The van der Waals surface area contributed by atoms with E-state index in [0.717, 1.165) is 11.1 Å². The topological polar surface area (TPSA) is 71.1 Å². The molecule has 8 bridgehead atoms. The largest absolute Gasteiger partial charge is 0.443 e. The molecular weight excluding hydrogens is 288 g/mol. The van der Waals surface area contributed by atoms with Gasteiger partial charge in [0.15, 0.2) is 0 Å². The van der Waals surface area contributed by atoms with Crippen LogP contribution in [0.5, 0.6) is 0 Å². The quantitative estimate of drug-likeness (QED) is 0.587. The number of carbonyl (C=O) groups is 2. The maximum absolute atomic E-state index is 12.3. The van der Waals surface area contributed by atoms with Gasteiger partial charge >= 0.3 is 11.9 Å². The molecule has 0 aromatic carbocycles. The zero-order chi connectivity index (χ0) is 14.8. The van der Waals surface area contributed by atoms with E-state index in [-0.39, 0.29) is 48.2 Å². The summed E-state index contributed by atoms with van der Waals surface area (Å²) in [5.41, 5.74) is 1.45. The summed E-state index contributed by atoms with van der Waals surface area (Å²) in [6.45, 7) is 3.64. The minimum absolute atomic E-state index is 0.0203. The van der Waals surface area contributed by atoms with E-state index < -0.39 is 11.2 Å². The van der Waals surface area contributed by atoms with Gasteiger partial charge in [0.25, 0.3) is 0 Å². The molecule has 6 fully saturated rings. The summed E-state index contributed by atoms with van der Waals surface area (Å²) in [5.74, 6) is -0.455. The molecule has 8 atom stereocenters. The second kappa shape index (κ2) is 2.57. The fraction of sp³-hybridized carbons (Fsp3) is 0.625. The Kier molecular flexibility index (Phi) is 1.28. The van der Waals surface area contributed by atoms with E-state index in [1.807, 2.05) is 13.8 Å². The van der Waals surface area contributed by atoms with Gasteiger partial charge in [0, 0.05) is 23.0 Å². The number of carbonyl (C=O) groups excluding carboxylic acids is 2. The SMILES string of the molecule is CC1=C2C3C4O[C@H]5[C@H]6OC4C3C3=C(C)C(=O)O[C@@]36[C@@]25OC1=O. The van der Waals surface area contributed by atoms with Crippen molar-refractivity contribution in [3.05, 3.63) is 22.3 Å². The molecular formula is C16H12O6. The van der Waals surface area contributed by atoms with Crippen molar-refractivity contribution in [3.8, 4) is 0 Å². The molecule has 4 unspecified atom stereocenters. The summed E-state index contributed by atoms with van der Waals surface area (Å²) in [7, 11) is 0. The van der Waals surface area contributed by atoms with Crippen molar-refractivity contribution in [2.24, 2.45) is 11.8 Å². The van der Waals surface area contributed by atoms with Crippen LogP contribution in [-0.2, 0) is 28.5 Å². The highest BCUT2D eigenvalue weighted by Crippen LogP contribution is 2.80. The monoisotopic (exact) mass is 300 g/mol. The lowest BCUT2D eigenvalue weighted by Gasteiger charge is -2.80. The highest BCUT2D eigenvalue weighted by atomic mass is 16.7. The first-order valence-corrected chi connectivity index (χ1v) is 7.74. The molecule has 22 heavy (non-hydrogen) atoms. The summed E-state index contributed by atoms with van der Waals surface area (Å²) in [6.07, 6.45) is -0.742. The van der Waals surface area contributed by atoms with Crippen molar-refractivity contribution >= 4 is 11.9 Å². The third-order valence-electron chi connectivity index (χ3n) is 7.05. The molecule has 6 heteroatoms. The van der Waals surface area contributed by atoms with Crippen LogP contribution in [0.2, 0.25) is 0 Å². The number of hydrogen-bond acceptors (Lipinski definition) is 6. The first kappa shape index (κ1) is 11.0. The summed E-state index contributed by atoms with van der Waals surface area (Å²) >= 11 is 0. The minimum atomic E-state index is -0.968. The first-order chi connectivity index (χ1) is 10.5. The van der Waals surface area contributed by atoms with E-state index in [1.165, 1.54) is 0 Å². The molecule has 0 aromatic heterocycles. The maximum atomic E-state index is 12.3. The standard InChI is InChI=1S/C16H12O6/c1-3-7-5-6-8-4(2)14(18)22-16(8)12-11(15(7,16)21-13(3)17)19-9(5)10(6)20-12/h5-6,9-12H,1-2H3/t5?,6?,9?,10?,11-,12+,15+,16-. The molecule has 0 aromatic rings. The zero-order valence-electron chi connectivity index (χ0n) is 11.9. The van der Waals surface area contributed by atoms with Crippen LogP contribution in [0.1, 0.15) is 13.8 Å². The van der Waals surface area contributed by atoms with Crippen LogP contribution in [0.25, 0.3) is 0 Å². The smallest absolute Gasteiger partial charge is 0.334 e. The van der Waals surface area contributed by atoms with Crippen LogP contribution >= 0.6 is 0 Å².